The first-order valence-electron chi connectivity index (χ1n) is 7.75. The number of anilines is 1. The van der Waals surface area contributed by atoms with E-state index >= 15 is 0 Å². The number of amides is 3. The van der Waals surface area contributed by atoms with Crippen molar-refractivity contribution in [3.63, 3.8) is 0 Å². The lowest BCUT2D eigenvalue weighted by molar-refractivity contribution is -0.142. The van der Waals surface area contributed by atoms with Crippen LogP contribution in [0.4, 0.5) is 5.69 Å². The third-order valence-corrected chi connectivity index (χ3v) is 4.53. The first-order chi connectivity index (χ1) is 11.1. The SMILES string of the molecule is N#Cc1ccc(NC(=O)CN2C(=O)[C@@H]3CCCC[C@H]3C2=O)cc1. The Morgan fingerprint density at radius 3 is 2.22 bits per heavy atom. The van der Waals surface area contributed by atoms with Gasteiger partial charge in [-0.05, 0) is 37.1 Å². The fourth-order valence-electron chi connectivity index (χ4n) is 3.36. The molecule has 0 bridgehead atoms. The van der Waals surface area contributed by atoms with Gasteiger partial charge in [-0.15, -0.1) is 0 Å². The molecule has 6 nitrogen and oxygen atoms in total. The zero-order valence-electron chi connectivity index (χ0n) is 12.6. The van der Waals surface area contributed by atoms with Gasteiger partial charge in [0.15, 0.2) is 0 Å². The number of nitrogens with zero attached hydrogens (tertiary/aromatic N) is 2. The van der Waals surface area contributed by atoms with Crippen molar-refractivity contribution in [1.29, 1.82) is 5.26 Å². The molecule has 1 aliphatic carbocycles. The normalized spacial score (nSPS) is 23.3. The van der Waals surface area contributed by atoms with Gasteiger partial charge in [0, 0.05) is 5.69 Å². The van der Waals surface area contributed by atoms with Gasteiger partial charge >= 0.3 is 0 Å². The number of nitrogens with one attached hydrogen (secondary N) is 1. The largest absolute Gasteiger partial charge is 0.325 e. The van der Waals surface area contributed by atoms with Crippen molar-refractivity contribution in [2.45, 2.75) is 25.7 Å². The van der Waals surface area contributed by atoms with E-state index in [1.165, 1.54) is 0 Å². The van der Waals surface area contributed by atoms with Crippen LogP contribution in [0.15, 0.2) is 24.3 Å². The van der Waals surface area contributed by atoms with E-state index in [2.05, 4.69) is 5.32 Å². The molecule has 0 aromatic heterocycles. The number of rotatable bonds is 3. The predicted octanol–water partition coefficient (Wildman–Crippen LogP) is 1.67. The van der Waals surface area contributed by atoms with Crippen LogP contribution in [0.3, 0.4) is 0 Å². The molecule has 1 saturated carbocycles. The Morgan fingerprint density at radius 1 is 1.13 bits per heavy atom. The summed E-state index contributed by atoms with van der Waals surface area (Å²) in [5.74, 6) is -1.31. The van der Waals surface area contributed by atoms with Crippen LogP contribution in [-0.4, -0.2) is 29.2 Å². The van der Waals surface area contributed by atoms with Crippen molar-refractivity contribution in [2.75, 3.05) is 11.9 Å². The summed E-state index contributed by atoms with van der Waals surface area (Å²) in [4.78, 5) is 37.8. The van der Waals surface area contributed by atoms with Crippen LogP contribution in [0.1, 0.15) is 31.2 Å². The van der Waals surface area contributed by atoms with Gasteiger partial charge in [0.25, 0.3) is 0 Å². The Morgan fingerprint density at radius 2 is 1.70 bits per heavy atom. The lowest BCUT2D eigenvalue weighted by atomic mass is 9.81. The maximum absolute atomic E-state index is 12.3. The van der Waals surface area contributed by atoms with Gasteiger partial charge in [0.2, 0.25) is 17.7 Å². The minimum atomic E-state index is -0.407. The summed E-state index contributed by atoms with van der Waals surface area (Å²) in [6.07, 6.45) is 3.41. The molecule has 2 atom stereocenters. The van der Waals surface area contributed by atoms with Crippen LogP contribution in [0.25, 0.3) is 0 Å². The highest BCUT2D eigenvalue weighted by atomic mass is 16.2. The highest BCUT2D eigenvalue weighted by Crippen LogP contribution is 2.37. The molecule has 6 heteroatoms. The molecule has 3 rings (SSSR count). The summed E-state index contributed by atoms with van der Waals surface area (Å²) in [7, 11) is 0. The quantitative estimate of drug-likeness (QED) is 0.860. The van der Waals surface area contributed by atoms with Gasteiger partial charge in [-0.2, -0.15) is 5.26 Å². The Balaban J connectivity index is 1.64. The first kappa shape index (κ1) is 15.2. The van der Waals surface area contributed by atoms with E-state index in [1.54, 1.807) is 24.3 Å². The van der Waals surface area contributed by atoms with Gasteiger partial charge in [-0.25, -0.2) is 0 Å². The molecule has 23 heavy (non-hydrogen) atoms. The van der Waals surface area contributed by atoms with Crippen LogP contribution < -0.4 is 5.32 Å². The molecule has 3 amide bonds. The Hall–Kier alpha value is -2.68. The smallest absolute Gasteiger partial charge is 0.244 e. The molecule has 0 radical (unpaired) electrons. The summed E-state index contributed by atoms with van der Waals surface area (Å²) in [5.41, 5.74) is 1.03. The van der Waals surface area contributed by atoms with Crippen LogP contribution in [0, 0.1) is 23.2 Å². The number of benzene rings is 1. The van der Waals surface area contributed by atoms with E-state index in [0.29, 0.717) is 11.3 Å². The fourth-order valence-corrected chi connectivity index (χ4v) is 3.36. The Bertz CT molecular complexity index is 666. The second-order valence-corrected chi connectivity index (χ2v) is 6.00. The van der Waals surface area contributed by atoms with Gasteiger partial charge in [0.1, 0.15) is 6.54 Å². The molecule has 1 aromatic carbocycles. The molecule has 0 spiro atoms. The van der Waals surface area contributed by atoms with Crippen molar-refractivity contribution in [1.82, 2.24) is 4.90 Å². The lowest BCUT2D eigenvalue weighted by Gasteiger charge is -2.19. The standard InChI is InChI=1S/C17H17N3O3/c18-9-11-5-7-12(8-6-11)19-15(21)10-20-16(22)13-3-1-2-4-14(13)17(20)23/h5-8,13-14H,1-4,10H2,(H,19,21)/t13-,14-/m1/s1. The van der Waals surface area contributed by atoms with Gasteiger partial charge < -0.3 is 5.32 Å². The number of hydrogen-bond donors (Lipinski definition) is 1. The topological polar surface area (TPSA) is 90.3 Å². The summed E-state index contributed by atoms with van der Waals surface area (Å²) in [6.45, 7) is -0.245. The monoisotopic (exact) mass is 311 g/mol. The maximum Gasteiger partial charge on any atom is 0.244 e. The third kappa shape index (κ3) is 2.95. The average molecular weight is 311 g/mol. The molecule has 1 heterocycles. The first-order valence-corrected chi connectivity index (χ1v) is 7.75. The molecular weight excluding hydrogens is 294 g/mol. The van der Waals surface area contributed by atoms with E-state index in [1.807, 2.05) is 6.07 Å². The predicted molar refractivity (Wildman–Crippen MR) is 82.0 cm³/mol. The minimum absolute atomic E-state index is 0.213. The molecular formula is C17H17N3O3. The van der Waals surface area contributed by atoms with Crippen LogP contribution in [-0.2, 0) is 14.4 Å². The molecule has 1 N–H and O–H groups in total. The molecule has 0 unspecified atom stereocenters. The summed E-state index contributed by atoms with van der Waals surface area (Å²) >= 11 is 0. The summed E-state index contributed by atoms with van der Waals surface area (Å²) < 4.78 is 0. The zero-order chi connectivity index (χ0) is 16.4. The van der Waals surface area contributed by atoms with Gasteiger partial charge in [0.05, 0.1) is 23.5 Å². The fraction of sp³-hybridized carbons (Fsp3) is 0.412. The molecule has 118 valence electrons. The highest BCUT2D eigenvalue weighted by Gasteiger charge is 2.48. The van der Waals surface area contributed by atoms with Crippen molar-refractivity contribution in [2.24, 2.45) is 11.8 Å². The van der Waals surface area contributed by atoms with Crippen molar-refractivity contribution in [3.8, 4) is 6.07 Å². The molecule has 1 aromatic rings. The number of likely N-dealkylation sites (tertiary alicyclic amines) is 1. The number of carbonyl (C=O) groups excluding carboxylic acids is 3. The summed E-state index contributed by atoms with van der Waals surface area (Å²) in [5, 5.41) is 11.4. The van der Waals surface area contributed by atoms with E-state index in [4.69, 9.17) is 5.26 Å². The number of nitriles is 1. The average Bonchev–Trinajstić information content (AvgIpc) is 2.81. The van der Waals surface area contributed by atoms with Gasteiger partial charge in [-0.3, -0.25) is 19.3 Å². The van der Waals surface area contributed by atoms with E-state index in [0.717, 1.165) is 30.6 Å². The second kappa shape index (κ2) is 6.21. The Labute approximate surface area is 134 Å². The van der Waals surface area contributed by atoms with E-state index < -0.39 is 5.91 Å². The number of fused-ring (bicyclic) bond motifs is 1. The van der Waals surface area contributed by atoms with Crippen molar-refractivity contribution < 1.29 is 14.4 Å². The highest BCUT2D eigenvalue weighted by molar-refractivity contribution is 6.08. The van der Waals surface area contributed by atoms with Crippen LogP contribution >= 0.6 is 0 Å². The number of imide groups is 1. The Kier molecular flexibility index (Phi) is 4.11. The lowest BCUT2D eigenvalue weighted by Crippen LogP contribution is -2.38. The van der Waals surface area contributed by atoms with Gasteiger partial charge in [-0.1, -0.05) is 12.8 Å². The molecule has 2 aliphatic rings. The van der Waals surface area contributed by atoms with Crippen LogP contribution in [0.5, 0.6) is 0 Å². The summed E-state index contributed by atoms with van der Waals surface area (Å²) in [6, 6.07) is 8.41. The molecule has 2 fully saturated rings. The molecule has 1 aliphatic heterocycles. The number of hydrogen-bond acceptors (Lipinski definition) is 4. The van der Waals surface area contributed by atoms with E-state index in [9.17, 15) is 14.4 Å². The zero-order valence-corrected chi connectivity index (χ0v) is 12.6. The maximum atomic E-state index is 12.3. The second-order valence-electron chi connectivity index (χ2n) is 6.00. The number of carbonyl (C=O) groups is 3. The van der Waals surface area contributed by atoms with Crippen molar-refractivity contribution in [3.05, 3.63) is 29.8 Å². The third-order valence-electron chi connectivity index (χ3n) is 4.53. The minimum Gasteiger partial charge on any atom is -0.325 e. The van der Waals surface area contributed by atoms with Crippen molar-refractivity contribution >= 4 is 23.4 Å². The van der Waals surface area contributed by atoms with E-state index in [-0.39, 0.29) is 30.2 Å². The van der Waals surface area contributed by atoms with Crippen LogP contribution in [0.2, 0.25) is 0 Å². The molecule has 1 saturated heterocycles.